The second-order valence-corrected chi connectivity index (χ2v) is 4.89. The molecule has 0 fully saturated rings. The van der Waals surface area contributed by atoms with Gasteiger partial charge in [-0.3, -0.25) is 0 Å². The third-order valence-electron chi connectivity index (χ3n) is 2.48. The van der Waals surface area contributed by atoms with Crippen molar-refractivity contribution in [3.63, 3.8) is 0 Å². The van der Waals surface area contributed by atoms with Crippen LogP contribution in [0, 0.1) is 0 Å². The molecule has 0 aliphatic rings. The van der Waals surface area contributed by atoms with E-state index in [0.29, 0.717) is 0 Å². The first kappa shape index (κ1) is 12.7. The highest BCUT2D eigenvalue weighted by Crippen LogP contribution is 2.30. The summed E-state index contributed by atoms with van der Waals surface area (Å²) >= 11 is 1.73. The lowest BCUT2D eigenvalue weighted by Crippen LogP contribution is -1.97. The molecule has 0 N–H and O–H groups in total. The maximum absolute atomic E-state index is 4.84. The minimum atomic E-state index is 0.886. The summed E-state index contributed by atoms with van der Waals surface area (Å²) in [7, 11) is 1.57. The molecule has 2 aromatic rings. The molecule has 0 amide bonds. The van der Waals surface area contributed by atoms with Gasteiger partial charge < -0.3 is 4.84 Å². The minimum Gasteiger partial charge on any atom is -0.399 e. The van der Waals surface area contributed by atoms with Gasteiger partial charge in [0.15, 0.2) is 0 Å². The number of nitrogens with zero attached hydrogens (tertiary/aromatic N) is 1. The van der Waals surface area contributed by atoms with Crippen molar-refractivity contribution < 1.29 is 4.84 Å². The molecule has 0 aromatic heterocycles. The average molecular weight is 257 g/mol. The number of hydrogen-bond acceptors (Lipinski definition) is 3. The molecule has 0 bridgehead atoms. The van der Waals surface area contributed by atoms with Crippen molar-refractivity contribution in [3.05, 3.63) is 60.2 Å². The third-order valence-corrected chi connectivity index (χ3v) is 3.56. The van der Waals surface area contributed by atoms with Gasteiger partial charge in [-0.2, -0.15) is 0 Å². The maximum atomic E-state index is 4.84. The lowest BCUT2D eigenvalue weighted by Gasteiger charge is -2.08. The van der Waals surface area contributed by atoms with E-state index in [-0.39, 0.29) is 0 Å². The molecule has 0 aliphatic heterocycles. The monoisotopic (exact) mass is 257 g/mol. The Kier molecular flexibility index (Phi) is 4.42. The van der Waals surface area contributed by atoms with Crippen LogP contribution in [0.1, 0.15) is 12.5 Å². The largest absolute Gasteiger partial charge is 0.399 e. The average Bonchev–Trinajstić information content (AvgIpc) is 2.41. The molecule has 2 nitrogen and oxygen atoms in total. The number of oxime groups is 1. The summed E-state index contributed by atoms with van der Waals surface area (Å²) in [6, 6.07) is 18.5. The molecule has 92 valence electrons. The van der Waals surface area contributed by atoms with Gasteiger partial charge in [-0.1, -0.05) is 53.3 Å². The highest BCUT2D eigenvalue weighted by molar-refractivity contribution is 7.99. The predicted octanol–water partition coefficient (Wildman–Crippen LogP) is 4.21. The molecule has 0 radical (unpaired) electrons. The molecule has 0 saturated heterocycles. The summed E-state index contributed by atoms with van der Waals surface area (Å²) < 4.78 is 0. The molecule has 2 aromatic carbocycles. The van der Waals surface area contributed by atoms with E-state index in [1.807, 2.05) is 37.3 Å². The SMILES string of the molecule is CO/N=C(/C)c1ccccc1Sc1ccccc1. The van der Waals surface area contributed by atoms with E-state index in [4.69, 9.17) is 4.84 Å². The van der Waals surface area contributed by atoms with Crippen LogP contribution in [0.25, 0.3) is 0 Å². The predicted molar refractivity (Wildman–Crippen MR) is 76.2 cm³/mol. The smallest absolute Gasteiger partial charge is 0.106 e. The molecule has 0 spiro atoms. The summed E-state index contributed by atoms with van der Waals surface area (Å²) in [6.45, 7) is 1.95. The Hall–Kier alpha value is -1.74. The van der Waals surface area contributed by atoms with Crippen molar-refractivity contribution in [2.75, 3.05) is 7.11 Å². The van der Waals surface area contributed by atoms with Crippen molar-refractivity contribution in [2.24, 2.45) is 5.16 Å². The van der Waals surface area contributed by atoms with E-state index in [0.717, 1.165) is 11.3 Å². The Morgan fingerprint density at radius 1 is 1.00 bits per heavy atom. The van der Waals surface area contributed by atoms with Gasteiger partial charge in [0.2, 0.25) is 0 Å². The molecule has 2 rings (SSSR count). The Labute approximate surface area is 112 Å². The topological polar surface area (TPSA) is 21.6 Å². The van der Waals surface area contributed by atoms with Crippen molar-refractivity contribution in [3.8, 4) is 0 Å². The van der Waals surface area contributed by atoms with E-state index in [1.54, 1.807) is 18.9 Å². The first-order valence-corrected chi connectivity index (χ1v) is 6.53. The van der Waals surface area contributed by atoms with Crippen LogP contribution in [0.15, 0.2) is 69.5 Å². The Morgan fingerprint density at radius 2 is 1.67 bits per heavy atom. The fourth-order valence-electron chi connectivity index (χ4n) is 1.66. The molecule has 0 heterocycles. The first-order valence-electron chi connectivity index (χ1n) is 5.71. The van der Waals surface area contributed by atoms with Gasteiger partial charge in [0, 0.05) is 15.4 Å². The van der Waals surface area contributed by atoms with Crippen LogP contribution in [-0.4, -0.2) is 12.8 Å². The quantitative estimate of drug-likeness (QED) is 0.604. The van der Waals surface area contributed by atoms with Gasteiger partial charge in [0.05, 0.1) is 5.71 Å². The minimum absolute atomic E-state index is 0.886. The van der Waals surface area contributed by atoms with Crippen LogP contribution >= 0.6 is 11.8 Å². The summed E-state index contributed by atoms with van der Waals surface area (Å²) in [5, 5.41) is 4.00. The van der Waals surface area contributed by atoms with Crippen molar-refractivity contribution in [1.82, 2.24) is 0 Å². The summed E-state index contributed by atoms with van der Waals surface area (Å²) in [5.41, 5.74) is 1.99. The zero-order chi connectivity index (χ0) is 12.8. The van der Waals surface area contributed by atoms with E-state index in [1.165, 1.54) is 9.79 Å². The standard InChI is InChI=1S/C15H15NOS/c1-12(16-17-2)14-10-6-7-11-15(14)18-13-8-4-3-5-9-13/h3-11H,1-2H3/b16-12-. The van der Waals surface area contributed by atoms with Crippen molar-refractivity contribution >= 4 is 17.5 Å². The Morgan fingerprint density at radius 3 is 2.39 bits per heavy atom. The molecule has 0 aliphatic carbocycles. The second kappa shape index (κ2) is 6.26. The van der Waals surface area contributed by atoms with Crippen molar-refractivity contribution in [2.45, 2.75) is 16.7 Å². The second-order valence-electron chi connectivity index (χ2n) is 3.77. The maximum Gasteiger partial charge on any atom is 0.106 e. The lowest BCUT2D eigenvalue weighted by molar-refractivity contribution is 0.213. The summed E-state index contributed by atoms with van der Waals surface area (Å²) in [5.74, 6) is 0. The van der Waals surface area contributed by atoms with Crippen molar-refractivity contribution in [1.29, 1.82) is 0 Å². The molecule has 3 heteroatoms. The zero-order valence-electron chi connectivity index (χ0n) is 10.5. The van der Waals surface area contributed by atoms with Gasteiger partial charge in [-0.05, 0) is 25.1 Å². The van der Waals surface area contributed by atoms with Gasteiger partial charge in [0.1, 0.15) is 7.11 Å². The third kappa shape index (κ3) is 3.14. The summed E-state index contributed by atoms with van der Waals surface area (Å²) in [6.07, 6.45) is 0. The van der Waals surface area contributed by atoms with Gasteiger partial charge in [0.25, 0.3) is 0 Å². The van der Waals surface area contributed by atoms with E-state index in [9.17, 15) is 0 Å². The Balaban J connectivity index is 2.31. The van der Waals surface area contributed by atoms with Gasteiger partial charge >= 0.3 is 0 Å². The van der Waals surface area contributed by atoms with Gasteiger partial charge in [-0.25, -0.2) is 0 Å². The molecule has 0 atom stereocenters. The lowest BCUT2D eigenvalue weighted by atomic mass is 10.1. The molecular weight excluding hydrogens is 242 g/mol. The van der Waals surface area contributed by atoms with Crippen LogP contribution in [0.3, 0.4) is 0 Å². The molecular formula is C15H15NOS. The van der Waals surface area contributed by atoms with E-state index in [2.05, 4.69) is 29.4 Å². The fraction of sp³-hybridized carbons (Fsp3) is 0.133. The van der Waals surface area contributed by atoms with Crippen LogP contribution in [0.4, 0.5) is 0 Å². The van der Waals surface area contributed by atoms with Gasteiger partial charge in [-0.15, -0.1) is 0 Å². The van der Waals surface area contributed by atoms with E-state index >= 15 is 0 Å². The molecule has 0 saturated carbocycles. The Bertz CT molecular complexity index is 537. The number of hydrogen-bond donors (Lipinski definition) is 0. The molecule has 18 heavy (non-hydrogen) atoms. The summed E-state index contributed by atoms with van der Waals surface area (Å²) in [4.78, 5) is 7.24. The first-order chi connectivity index (χ1) is 8.81. The zero-order valence-corrected chi connectivity index (χ0v) is 11.3. The van der Waals surface area contributed by atoms with Crippen LogP contribution < -0.4 is 0 Å². The number of rotatable bonds is 4. The normalized spacial score (nSPS) is 11.3. The molecule has 0 unspecified atom stereocenters. The highest BCUT2D eigenvalue weighted by atomic mass is 32.2. The fourth-order valence-corrected chi connectivity index (χ4v) is 2.68. The van der Waals surface area contributed by atoms with Crippen LogP contribution in [-0.2, 0) is 4.84 Å². The number of benzene rings is 2. The van der Waals surface area contributed by atoms with Crippen LogP contribution in [0.2, 0.25) is 0 Å². The van der Waals surface area contributed by atoms with E-state index < -0.39 is 0 Å². The highest BCUT2D eigenvalue weighted by Gasteiger charge is 2.06. The van der Waals surface area contributed by atoms with Crippen LogP contribution in [0.5, 0.6) is 0 Å².